The molecule has 0 atom stereocenters. The van der Waals surface area contributed by atoms with Crippen molar-refractivity contribution in [3.05, 3.63) is 34.9 Å². The number of benzene rings is 1. The molecule has 0 aromatic heterocycles. The van der Waals surface area contributed by atoms with Crippen LogP contribution in [0.5, 0.6) is 0 Å². The molecule has 2 N–H and O–H groups in total. The largest absolute Gasteiger partial charge is 0.335 e. The summed E-state index contributed by atoms with van der Waals surface area (Å²) in [6, 6.07) is 6.17. The van der Waals surface area contributed by atoms with Gasteiger partial charge in [-0.15, -0.1) is 0 Å². The van der Waals surface area contributed by atoms with E-state index in [1.807, 2.05) is 0 Å². The quantitative estimate of drug-likeness (QED) is 0.865. The molecule has 1 fully saturated rings. The van der Waals surface area contributed by atoms with E-state index < -0.39 is 11.9 Å². The van der Waals surface area contributed by atoms with Gasteiger partial charge >= 0.3 is 6.03 Å². The number of carbonyl (C=O) groups excluding carboxylic acids is 2. The summed E-state index contributed by atoms with van der Waals surface area (Å²) in [5, 5.41) is 5.66. The molecule has 5 heteroatoms. The van der Waals surface area contributed by atoms with Crippen LogP contribution < -0.4 is 10.6 Å². The molecular formula is C13H15ClN2O2. The first kappa shape index (κ1) is 12.9. The van der Waals surface area contributed by atoms with Crippen molar-refractivity contribution in [1.82, 2.24) is 10.6 Å². The van der Waals surface area contributed by atoms with Crippen molar-refractivity contribution in [1.29, 1.82) is 0 Å². The lowest BCUT2D eigenvalue weighted by Crippen LogP contribution is -2.43. The molecular weight excluding hydrogens is 252 g/mol. The van der Waals surface area contributed by atoms with Gasteiger partial charge in [-0.25, -0.2) is 4.79 Å². The van der Waals surface area contributed by atoms with E-state index in [4.69, 9.17) is 11.6 Å². The Morgan fingerprint density at radius 2 is 1.72 bits per heavy atom. The molecule has 0 unspecified atom stereocenters. The first-order valence-corrected chi connectivity index (χ1v) is 6.40. The number of urea groups is 1. The highest BCUT2D eigenvalue weighted by molar-refractivity contribution is 6.30. The van der Waals surface area contributed by atoms with Gasteiger partial charge in [-0.3, -0.25) is 10.1 Å². The second-order valence-electron chi connectivity index (χ2n) is 4.42. The van der Waals surface area contributed by atoms with Crippen LogP contribution in [-0.2, 0) is 0 Å². The molecule has 2 rings (SSSR count). The molecule has 0 heterocycles. The van der Waals surface area contributed by atoms with Crippen molar-refractivity contribution in [3.8, 4) is 0 Å². The molecule has 1 aliphatic carbocycles. The van der Waals surface area contributed by atoms with Crippen LogP contribution in [0.25, 0.3) is 0 Å². The molecule has 96 valence electrons. The average molecular weight is 267 g/mol. The first-order valence-electron chi connectivity index (χ1n) is 6.02. The van der Waals surface area contributed by atoms with Crippen molar-refractivity contribution in [2.45, 2.75) is 31.7 Å². The van der Waals surface area contributed by atoms with Crippen molar-refractivity contribution in [2.24, 2.45) is 0 Å². The van der Waals surface area contributed by atoms with E-state index in [2.05, 4.69) is 10.6 Å². The Balaban J connectivity index is 1.86. The minimum atomic E-state index is -0.429. The van der Waals surface area contributed by atoms with E-state index in [1.165, 1.54) is 0 Å². The lowest BCUT2D eigenvalue weighted by atomic mass is 10.2. The van der Waals surface area contributed by atoms with Crippen molar-refractivity contribution >= 4 is 23.5 Å². The summed E-state index contributed by atoms with van der Waals surface area (Å²) in [5.74, 6) is -0.415. The Hall–Kier alpha value is -1.55. The van der Waals surface area contributed by atoms with E-state index in [9.17, 15) is 9.59 Å². The van der Waals surface area contributed by atoms with Crippen LogP contribution in [0.3, 0.4) is 0 Å². The number of hydrogen-bond donors (Lipinski definition) is 2. The fourth-order valence-corrected chi connectivity index (χ4v) is 2.19. The van der Waals surface area contributed by atoms with Crippen LogP contribution in [0.2, 0.25) is 5.02 Å². The lowest BCUT2D eigenvalue weighted by Gasteiger charge is -2.12. The summed E-state index contributed by atoms with van der Waals surface area (Å²) < 4.78 is 0. The molecule has 0 radical (unpaired) electrons. The predicted octanol–water partition coefficient (Wildman–Crippen LogP) is 2.72. The van der Waals surface area contributed by atoms with Crippen LogP contribution in [0, 0.1) is 0 Å². The van der Waals surface area contributed by atoms with Gasteiger partial charge in [0.2, 0.25) is 0 Å². The van der Waals surface area contributed by atoms with Crippen LogP contribution in [0.4, 0.5) is 4.79 Å². The maximum Gasteiger partial charge on any atom is 0.321 e. The van der Waals surface area contributed by atoms with Crippen molar-refractivity contribution < 1.29 is 9.59 Å². The highest BCUT2D eigenvalue weighted by Crippen LogP contribution is 2.17. The first-order chi connectivity index (χ1) is 8.65. The van der Waals surface area contributed by atoms with Gasteiger partial charge in [-0.05, 0) is 37.1 Å². The molecule has 1 aromatic carbocycles. The van der Waals surface area contributed by atoms with Gasteiger partial charge in [0.25, 0.3) is 5.91 Å². The topological polar surface area (TPSA) is 58.2 Å². The van der Waals surface area contributed by atoms with E-state index in [1.54, 1.807) is 24.3 Å². The number of hydrogen-bond acceptors (Lipinski definition) is 2. The van der Waals surface area contributed by atoms with Crippen LogP contribution >= 0.6 is 11.6 Å². The Morgan fingerprint density at radius 3 is 2.33 bits per heavy atom. The molecule has 3 amide bonds. The molecule has 18 heavy (non-hydrogen) atoms. The third kappa shape index (κ3) is 3.47. The van der Waals surface area contributed by atoms with Gasteiger partial charge < -0.3 is 5.32 Å². The van der Waals surface area contributed by atoms with Crippen molar-refractivity contribution in [3.63, 3.8) is 0 Å². The third-order valence-electron chi connectivity index (χ3n) is 3.02. The summed E-state index contributed by atoms with van der Waals surface area (Å²) in [4.78, 5) is 23.3. The van der Waals surface area contributed by atoms with Crippen LogP contribution in [0.15, 0.2) is 24.3 Å². The molecule has 0 spiro atoms. The van der Waals surface area contributed by atoms with E-state index in [-0.39, 0.29) is 6.04 Å². The molecule has 0 saturated heterocycles. The van der Waals surface area contributed by atoms with Gasteiger partial charge in [0.05, 0.1) is 0 Å². The van der Waals surface area contributed by atoms with Gasteiger partial charge in [-0.1, -0.05) is 24.4 Å². The average Bonchev–Trinajstić information content (AvgIpc) is 2.82. The SMILES string of the molecule is O=C(NC(=O)c1ccc(Cl)cc1)NC1CCCC1. The Morgan fingerprint density at radius 1 is 1.11 bits per heavy atom. The molecule has 4 nitrogen and oxygen atoms in total. The molecule has 0 aliphatic heterocycles. The van der Waals surface area contributed by atoms with Crippen LogP contribution in [0.1, 0.15) is 36.0 Å². The smallest absolute Gasteiger partial charge is 0.321 e. The number of carbonyl (C=O) groups is 2. The molecule has 1 saturated carbocycles. The minimum absolute atomic E-state index is 0.197. The predicted molar refractivity (Wildman–Crippen MR) is 69.7 cm³/mol. The molecule has 0 bridgehead atoms. The maximum atomic E-state index is 11.7. The summed E-state index contributed by atoms with van der Waals surface area (Å²) in [6.07, 6.45) is 4.25. The van der Waals surface area contributed by atoms with E-state index in [0.717, 1.165) is 25.7 Å². The summed E-state index contributed by atoms with van der Waals surface area (Å²) >= 11 is 5.72. The second-order valence-corrected chi connectivity index (χ2v) is 4.85. The fourth-order valence-electron chi connectivity index (χ4n) is 2.07. The zero-order valence-corrected chi connectivity index (χ0v) is 10.7. The van der Waals surface area contributed by atoms with Gasteiger partial charge in [-0.2, -0.15) is 0 Å². The summed E-state index contributed by atoms with van der Waals surface area (Å²) in [7, 11) is 0. The fraction of sp³-hybridized carbons (Fsp3) is 0.385. The highest BCUT2D eigenvalue weighted by Gasteiger charge is 2.18. The monoisotopic (exact) mass is 266 g/mol. The Kier molecular flexibility index (Phi) is 4.20. The van der Waals surface area contributed by atoms with Crippen molar-refractivity contribution in [2.75, 3.05) is 0 Å². The highest BCUT2D eigenvalue weighted by atomic mass is 35.5. The van der Waals surface area contributed by atoms with E-state index >= 15 is 0 Å². The van der Waals surface area contributed by atoms with E-state index in [0.29, 0.717) is 10.6 Å². The zero-order valence-electron chi connectivity index (χ0n) is 9.91. The number of nitrogens with one attached hydrogen (secondary N) is 2. The molecule has 1 aromatic rings. The summed E-state index contributed by atoms with van der Waals surface area (Å²) in [6.45, 7) is 0. The number of rotatable bonds is 2. The molecule has 1 aliphatic rings. The Bertz CT molecular complexity index is 439. The number of imide groups is 1. The third-order valence-corrected chi connectivity index (χ3v) is 3.28. The zero-order chi connectivity index (χ0) is 13.0. The van der Waals surface area contributed by atoms with Crippen LogP contribution in [-0.4, -0.2) is 18.0 Å². The summed E-state index contributed by atoms with van der Waals surface area (Å²) in [5.41, 5.74) is 0.418. The second kappa shape index (κ2) is 5.87. The number of amides is 3. The van der Waals surface area contributed by atoms with Gasteiger partial charge in [0, 0.05) is 16.6 Å². The lowest BCUT2D eigenvalue weighted by molar-refractivity contribution is 0.0963. The van der Waals surface area contributed by atoms with Gasteiger partial charge in [0.1, 0.15) is 0 Å². The number of halogens is 1. The minimum Gasteiger partial charge on any atom is -0.335 e. The standard InChI is InChI=1S/C13H15ClN2O2/c14-10-7-5-9(6-8-10)12(17)16-13(18)15-11-3-1-2-4-11/h5-8,11H,1-4H2,(H2,15,16,17,18). The Labute approximate surface area is 111 Å². The van der Waals surface area contributed by atoms with Gasteiger partial charge in [0.15, 0.2) is 0 Å². The normalized spacial score (nSPS) is 15.4. The maximum absolute atomic E-state index is 11.7.